The van der Waals surface area contributed by atoms with Gasteiger partial charge >= 0.3 is 0 Å². The molecule has 4 rings (SSSR count). The number of hydrogen-bond donors (Lipinski definition) is 1. The third kappa shape index (κ3) is 5.41. The number of carbonyl (C=O) groups excluding carboxylic acids is 1. The number of nitrogens with zero attached hydrogens (tertiary/aromatic N) is 2. The smallest absolute Gasteiger partial charge is 0.286 e. The maximum Gasteiger partial charge on any atom is 0.286 e. The zero-order chi connectivity index (χ0) is 21.7. The number of ether oxygens (including phenoxy) is 1. The molecule has 0 radical (unpaired) electrons. The lowest BCUT2D eigenvalue weighted by Gasteiger charge is -2.42. The van der Waals surface area contributed by atoms with Crippen LogP contribution in [-0.2, 0) is 14.7 Å². The first kappa shape index (κ1) is 22.1. The molecule has 1 N–H and O–H groups in total. The molecule has 3 atom stereocenters. The molecule has 2 fully saturated rings. The van der Waals surface area contributed by atoms with E-state index < -0.39 is 15.8 Å². The Balaban J connectivity index is 1.68. The SMILES string of the molecule is Cc1ccc(S(=O)(=NC(=O)c2ccccc2)N[C@@H]2CCCC[C@H]2N2CCOCC2)cc1. The van der Waals surface area contributed by atoms with Crippen molar-refractivity contribution >= 4 is 15.8 Å². The fourth-order valence-corrected chi connectivity index (χ4v) is 6.24. The van der Waals surface area contributed by atoms with Crippen LogP contribution in [-0.4, -0.2) is 53.4 Å². The molecule has 0 bridgehead atoms. The van der Waals surface area contributed by atoms with Crippen LogP contribution < -0.4 is 4.72 Å². The summed E-state index contributed by atoms with van der Waals surface area (Å²) in [6.07, 6.45) is 4.20. The molecular formula is C24H31N3O3S. The fourth-order valence-electron chi connectivity index (χ4n) is 4.42. The van der Waals surface area contributed by atoms with Crippen LogP contribution in [0.15, 0.2) is 63.9 Å². The van der Waals surface area contributed by atoms with Crippen molar-refractivity contribution < 1.29 is 13.7 Å². The molecule has 7 heteroatoms. The summed E-state index contributed by atoms with van der Waals surface area (Å²) in [5.41, 5.74) is 1.52. The van der Waals surface area contributed by atoms with Gasteiger partial charge in [0, 0.05) is 30.7 Å². The van der Waals surface area contributed by atoms with Crippen molar-refractivity contribution in [2.24, 2.45) is 4.36 Å². The maximum absolute atomic E-state index is 14.2. The molecule has 0 spiro atoms. The molecule has 0 aromatic heterocycles. The molecule has 2 aromatic rings. The average Bonchev–Trinajstić information content (AvgIpc) is 2.81. The Morgan fingerprint density at radius 2 is 1.71 bits per heavy atom. The maximum atomic E-state index is 14.2. The second-order valence-electron chi connectivity index (χ2n) is 8.33. The number of nitrogens with one attached hydrogen (secondary N) is 1. The van der Waals surface area contributed by atoms with E-state index >= 15 is 0 Å². The van der Waals surface area contributed by atoms with Crippen molar-refractivity contribution in [3.8, 4) is 0 Å². The van der Waals surface area contributed by atoms with E-state index in [1.54, 1.807) is 24.3 Å². The van der Waals surface area contributed by atoms with Crippen molar-refractivity contribution in [3.05, 3.63) is 65.7 Å². The van der Waals surface area contributed by atoms with Crippen molar-refractivity contribution in [2.75, 3.05) is 26.3 Å². The van der Waals surface area contributed by atoms with Gasteiger partial charge in [0.05, 0.1) is 18.1 Å². The quantitative estimate of drug-likeness (QED) is 0.766. The van der Waals surface area contributed by atoms with E-state index in [1.807, 2.05) is 37.3 Å². The van der Waals surface area contributed by atoms with Crippen molar-refractivity contribution in [2.45, 2.75) is 49.6 Å². The molecule has 2 aromatic carbocycles. The lowest BCUT2D eigenvalue weighted by atomic mass is 9.89. The Morgan fingerprint density at radius 3 is 2.42 bits per heavy atom. The van der Waals surface area contributed by atoms with Crippen LogP contribution >= 0.6 is 0 Å². The summed E-state index contributed by atoms with van der Waals surface area (Å²) < 4.78 is 27.4. The van der Waals surface area contributed by atoms with Gasteiger partial charge in [-0.25, -0.2) is 8.93 Å². The Kier molecular flexibility index (Phi) is 7.17. The minimum Gasteiger partial charge on any atom is -0.379 e. The molecule has 1 saturated heterocycles. The van der Waals surface area contributed by atoms with Gasteiger partial charge in [0.15, 0.2) is 0 Å². The van der Waals surface area contributed by atoms with Crippen LogP contribution in [0.25, 0.3) is 0 Å². The first-order chi connectivity index (χ1) is 15.0. The van der Waals surface area contributed by atoms with E-state index in [0.29, 0.717) is 10.5 Å². The highest BCUT2D eigenvalue weighted by atomic mass is 32.2. The highest BCUT2D eigenvalue weighted by molar-refractivity contribution is 7.92. The van der Waals surface area contributed by atoms with E-state index in [4.69, 9.17) is 4.74 Å². The summed E-state index contributed by atoms with van der Waals surface area (Å²) in [5.74, 6) is -0.461. The molecule has 1 heterocycles. The van der Waals surface area contributed by atoms with E-state index in [0.717, 1.165) is 57.6 Å². The standard InChI is InChI=1S/C24H31N3O3S/c1-19-11-13-21(14-12-19)31(29,26-24(28)20-7-3-2-4-8-20)25-22-9-5-6-10-23(22)27-15-17-30-18-16-27/h2-4,7-8,11-14,22-23H,5-6,9-10,15-18H2,1H3,(H,25,26,28,29)/t22-,23-,31?/m1/s1. The summed E-state index contributed by atoms with van der Waals surface area (Å²) in [4.78, 5) is 15.9. The second kappa shape index (κ2) is 10.0. The first-order valence-electron chi connectivity index (χ1n) is 11.1. The predicted molar refractivity (Wildman–Crippen MR) is 122 cm³/mol. The highest BCUT2D eigenvalue weighted by Gasteiger charge is 2.33. The van der Waals surface area contributed by atoms with Gasteiger partial charge in [-0.1, -0.05) is 48.7 Å². The van der Waals surface area contributed by atoms with Crippen LogP contribution in [0, 0.1) is 6.92 Å². The van der Waals surface area contributed by atoms with Gasteiger partial charge in [-0.3, -0.25) is 9.69 Å². The van der Waals surface area contributed by atoms with E-state index in [9.17, 15) is 9.00 Å². The van der Waals surface area contributed by atoms with Gasteiger partial charge in [-0.2, -0.15) is 0 Å². The zero-order valence-electron chi connectivity index (χ0n) is 18.0. The average molecular weight is 442 g/mol. The molecule has 1 unspecified atom stereocenters. The molecule has 1 aliphatic heterocycles. The number of aryl methyl sites for hydroxylation is 1. The fraction of sp³-hybridized carbons (Fsp3) is 0.458. The predicted octanol–water partition coefficient (Wildman–Crippen LogP) is 3.81. The molecule has 1 amide bonds. The summed E-state index contributed by atoms with van der Waals surface area (Å²) in [6.45, 7) is 5.21. The third-order valence-corrected chi connectivity index (χ3v) is 8.08. The normalized spacial score (nSPS) is 24.3. The monoisotopic (exact) mass is 441 g/mol. The molecule has 1 aliphatic carbocycles. The lowest BCUT2D eigenvalue weighted by Crippen LogP contribution is -2.55. The Bertz CT molecular complexity index is 994. The molecule has 31 heavy (non-hydrogen) atoms. The Morgan fingerprint density at radius 1 is 1.03 bits per heavy atom. The van der Waals surface area contributed by atoms with Crippen LogP contribution in [0.2, 0.25) is 0 Å². The summed E-state index contributed by atoms with van der Waals surface area (Å²) in [6, 6.07) is 16.6. The number of rotatable bonds is 5. The van der Waals surface area contributed by atoms with Crippen molar-refractivity contribution in [1.82, 2.24) is 9.62 Å². The van der Waals surface area contributed by atoms with Gasteiger partial charge < -0.3 is 4.74 Å². The zero-order valence-corrected chi connectivity index (χ0v) is 18.9. The molecule has 6 nitrogen and oxygen atoms in total. The lowest BCUT2D eigenvalue weighted by molar-refractivity contribution is 0.00219. The molecule has 1 saturated carbocycles. The van der Waals surface area contributed by atoms with E-state index in [2.05, 4.69) is 14.0 Å². The number of hydrogen-bond acceptors (Lipinski definition) is 4. The van der Waals surface area contributed by atoms with Crippen molar-refractivity contribution in [3.63, 3.8) is 0 Å². The van der Waals surface area contributed by atoms with Gasteiger partial charge in [0.25, 0.3) is 5.91 Å². The third-order valence-electron chi connectivity index (χ3n) is 6.13. The van der Waals surface area contributed by atoms with Crippen LogP contribution in [0.5, 0.6) is 0 Å². The minimum atomic E-state index is -3.14. The number of carbonyl (C=O) groups is 1. The van der Waals surface area contributed by atoms with Crippen molar-refractivity contribution in [1.29, 1.82) is 0 Å². The van der Waals surface area contributed by atoms with Crippen LogP contribution in [0.1, 0.15) is 41.6 Å². The minimum absolute atomic E-state index is 0.00739. The van der Waals surface area contributed by atoms with Gasteiger partial charge in [0.2, 0.25) is 0 Å². The van der Waals surface area contributed by atoms with Gasteiger partial charge in [0.1, 0.15) is 9.92 Å². The molecular weight excluding hydrogens is 410 g/mol. The van der Waals surface area contributed by atoms with Gasteiger partial charge in [-0.15, -0.1) is 4.36 Å². The Labute approximate surface area is 185 Å². The first-order valence-corrected chi connectivity index (χ1v) is 12.6. The van der Waals surface area contributed by atoms with Crippen LogP contribution in [0.3, 0.4) is 0 Å². The number of amides is 1. The summed E-state index contributed by atoms with van der Waals surface area (Å²) in [5, 5.41) is 0. The van der Waals surface area contributed by atoms with Gasteiger partial charge in [-0.05, 0) is 44.0 Å². The molecule has 2 aliphatic rings. The largest absolute Gasteiger partial charge is 0.379 e. The number of morpholine rings is 1. The summed E-state index contributed by atoms with van der Waals surface area (Å²) in [7, 11) is -3.14. The van der Waals surface area contributed by atoms with E-state index in [1.165, 1.54) is 0 Å². The Hall–Kier alpha value is -2.06. The van der Waals surface area contributed by atoms with Crippen LogP contribution in [0.4, 0.5) is 0 Å². The molecule has 166 valence electrons. The van der Waals surface area contributed by atoms with E-state index in [-0.39, 0.29) is 12.1 Å². The number of benzene rings is 2. The highest BCUT2D eigenvalue weighted by Crippen LogP contribution is 2.26. The topological polar surface area (TPSA) is 71.0 Å². The second-order valence-corrected chi connectivity index (χ2v) is 10.3. The summed E-state index contributed by atoms with van der Waals surface area (Å²) >= 11 is 0.